The van der Waals surface area contributed by atoms with Crippen LogP contribution in [-0.2, 0) is 4.74 Å². The summed E-state index contributed by atoms with van der Waals surface area (Å²) in [7, 11) is 0. The van der Waals surface area contributed by atoms with Crippen LogP contribution in [0.2, 0.25) is 10.0 Å². The lowest BCUT2D eigenvalue weighted by atomic mass is 10.1. The number of nitrogens with one attached hydrogen (secondary N) is 1. The average Bonchev–Trinajstić information content (AvgIpc) is 2.70. The zero-order valence-corrected chi connectivity index (χ0v) is 20.7. The summed E-state index contributed by atoms with van der Waals surface area (Å²) in [6.07, 6.45) is 0. The van der Waals surface area contributed by atoms with Crippen molar-refractivity contribution in [3.63, 3.8) is 0 Å². The highest BCUT2D eigenvalue weighted by Gasteiger charge is 2.12. The van der Waals surface area contributed by atoms with Crippen LogP contribution in [0.3, 0.4) is 0 Å². The molecule has 3 aromatic rings. The van der Waals surface area contributed by atoms with Crippen molar-refractivity contribution in [2.24, 2.45) is 0 Å². The molecule has 0 amide bonds. The maximum absolute atomic E-state index is 6.40. The molecule has 0 aliphatic carbocycles. The summed E-state index contributed by atoms with van der Waals surface area (Å²) in [6, 6.07) is 15.6. The lowest BCUT2D eigenvalue weighted by Gasteiger charge is -2.26. The van der Waals surface area contributed by atoms with Crippen LogP contribution < -0.4 is 5.32 Å². The van der Waals surface area contributed by atoms with Gasteiger partial charge in [-0.15, -0.1) is 34.0 Å². The molecule has 0 atom stereocenters. The molecule has 1 saturated heterocycles. The summed E-state index contributed by atoms with van der Waals surface area (Å²) in [5.74, 6) is 0. The number of ether oxygens (including phenoxy) is 1. The van der Waals surface area contributed by atoms with E-state index in [1.165, 1.54) is 0 Å². The van der Waals surface area contributed by atoms with Gasteiger partial charge in [0.15, 0.2) is 0 Å². The molecule has 1 N–H and O–H groups in total. The predicted molar refractivity (Wildman–Crippen MR) is 134 cm³/mol. The summed E-state index contributed by atoms with van der Waals surface area (Å²) in [5.41, 5.74) is 3.64. The van der Waals surface area contributed by atoms with E-state index in [4.69, 9.17) is 32.9 Å². The normalized spacial score (nSPS) is 14.1. The summed E-state index contributed by atoms with van der Waals surface area (Å²) in [5, 5.41) is 5.96. The monoisotopic (exact) mass is 561 g/mol. The van der Waals surface area contributed by atoms with E-state index in [9.17, 15) is 0 Å². The lowest BCUT2D eigenvalue weighted by molar-refractivity contribution is 0.0398. The third kappa shape index (κ3) is 6.06. The van der Waals surface area contributed by atoms with Crippen LogP contribution in [0.4, 0.5) is 5.69 Å². The zero-order chi connectivity index (χ0) is 18.6. The molecule has 0 unspecified atom stereocenters. The highest BCUT2D eigenvalue weighted by Crippen LogP contribution is 2.33. The number of morpholine rings is 1. The van der Waals surface area contributed by atoms with Crippen LogP contribution in [0.5, 0.6) is 0 Å². The zero-order valence-electron chi connectivity index (χ0n) is 15.7. The van der Waals surface area contributed by atoms with Gasteiger partial charge in [-0.1, -0.05) is 41.4 Å². The number of aromatic nitrogens is 1. The predicted octanol–water partition coefficient (Wildman–Crippen LogP) is 6.11. The second-order valence-corrected chi connectivity index (χ2v) is 7.42. The Bertz CT molecular complexity index is 952. The van der Waals surface area contributed by atoms with Gasteiger partial charge in [0, 0.05) is 47.8 Å². The van der Waals surface area contributed by atoms with E-state index in [2.05, 4.69) is 22.3 Å². The first kappa shape index (κ1) is 24.4. The standard InChI is InChI=1S/C21H21Cl2N3O.2BrH/c22-15-5-6-18(23)17(13-15)21-14-20(16-3-1-2-4-19(16)25-21)24-7-8-26-9-11-27-12-10-26;;/h1-6,13-14H,7-12H2,(H,24,25);2*1H. The molecule has 0 spiro atoms. The minimum Gasteiger partial charge on any atom is -0.383 e. The second-order valence-electron chi connectivity index (χ2n) is 6.58. The molecule has 8 heteroatoms. The van der Waals surface area contributed by atoms with Gasteiger partial charge in [-0.3, -0.25) is 4.90 Å². The summed E-state index contributed by atoms with van der Waals surface area (Å²) in [6.45, 7) is 5.44. The van der Waals surface area contributed by atoms with Crippen molar-refractivity contribution < 1.29 is 4.74 Å². The molecule has 0 bridgehead atoms. The van der Waals surface area contributed by atoms with Crippen molar-refractivity contribution in [2.45, 2.75) is 0 Å². The number of hydrogen-bond acceptors (Lipinski definition) is 4. The maximum Gasteiger partial charge on any atom is 0.0745 e. The Morgan fingerprint density at radius 2 is 1.76 bits per heavy atom. The van der Waals surface area contributed by atoms with Crippen LogP contribution in [0.1, 0.15) is 0 Å². The fourth-order valence-corrected chi connectivity index (χ4v) is 3.71. The summed E-state index contributed by atoms with van der Waals surface area (Å²) < 4.78 is 5.41. The van der Waals surface area contributed by atoms with Gasteiger partial charge in [-0.2, -0.15) is 0 Å². The fraction of sp³-hybridized carbons (Fsp3) is 0.286. The molecule has 4 rings (SSSR count). The number of rotatable bonds is 5. The van der Waals surface area contributed by atoms with Gasteiger partial charge in [-0.05, 0) is 30.3 Å². The van der Waals surface area contributed by atoms with E-state index in [-0.39, 0.29) is 34.0 Å². The largest absolute Gasteiger partial charge is 0.383 e. The van der Waals surface area contributed by atoms with Crippen molar-refractivity contribution in [3.05, 3.63) is 58.6 Å². The van der Waals surface area contributed by atoms with Gasteiger partial charge >= 0.3 is 0 Å². The number of anilines is 1. The lowest BCUT2D eigenvalue weighted by Crippen LogP contribution is -2.39. The van der Waals surface area contributed by atoms with Crippen molar-refractivity contribution in [1.82, 2.24) is 9.88 Å². The quantitative estimate of drug-likeness (QED) is 0.406. The third-order valence-electron chi connectivity index (χ3n) is 4.77. The van der Waals surface area contributed by atoms with E-state index in [0.717, 1.165) is 67.2 Å². The molecular formula is C21H23Br2Cl2N3O. The van der Waals surface area contributed by atoms with Crippen molar-refractivity contribution in [2.75, 3.05) is 44.7 Å². The number of hydrogen-bond donors (Lipinski definition) is 1. The summed E-state index contributed by atoms with van der Waals surface area (Å²) >= 11 is 12.6. The molecule has 2 aromatic carbocycles. The van der Waals surface area contributed by atoms with Crippen LogP contribution in [-0.4, -0.2) is 49.3 Å². The van der Waals surface area contributed by atoms with Crippen molar-refractivity contribution in [1.29, 1.82) is 0 Å². The SMILES string of the molecule is Br.Br.Clc1ccc(Cl)c(-c2cc(NCCN3CCOCC3)c3ccccc3n2)c1. The first-order valence-corrected chi connectivity index (χ1v) is 9.85. The molecule has 4 nitrogen and oxygen atoms in total. The number of nitrogens with zero attached hydrogens (tertiary/aromatic N) is 2. The Labute approximate surface area is 202 Å². The van der Waals surface area contributed by atoms with Gasteiger partial charge in [0.05, 0.1) is 29.4 Å². The molecule has 1 aromatic heterocycles. The number of benzene rings is 2. The third-order valence-corrected chi connectivity index (χ3v) is 5.33. The minimum atomic E-state index is 0. The van der Waals surface area contributed by atoms with Crippen LogP contribution in [0, 0.1) is 0 Å². The average molecular weight is 564 g/mol. The van der Waals surface area contributed by atoms with Crippen molar-refractivity contribution >= 4 is 73.8 Å². The molecule has 156 valence electrons. The highest BCUT2D eigenvalue weighted by molar-refractivity contribution is 8.93. The number of fused-ring (bicyclic) bond motifs is 1. The van der Waals surface area contributed by atoms with Gasteiger partial charge < -0.3 is 10.1 Å². The molecule has 2 heterocycles. The molecule has 0 radical (unpaired) electrons. The molecule has 1 aliphatic rings. The Kier molecular flexibility index (Phi) is 9.66. The van der Waals surface area contributed by atoms with Crippen molar-refractivity contribution in [3.8, 4) is 11.3 Å². The van der Waals surface area contributed by atoms with Gasteiger partial charge in [0.2, 0.25) is 0 Å². The number of pyridine rings is 1. The Hall–Kier alpha value is -0.890. The van der Waals surface area contributed by atoms with Gasteiger partial charge in [0.1, 0.15) is 0 Å². The van der Waals surface area contributed by atoms with E-state index < -0.39 is 0 Å². The second kappa shape index (κ2) is 11.5. The van der Waals surface area contributed by atoms with Gasteiger partial charge in [0.25, 0.3) is 0 Å². The number of para-hydroxylation sites is 1. The smallest absolute Gasteiger partial charge is 0.0745 e. The Balaban J connectivity index is 0.00000150. The summed E-state index contributed by atoms with van der Waals surface area (Å²) in [4.78, 5) is 7.21. The molecule has 1 aliphatic heterocycles. The van der Waals surface area contributed by atoms with E-state index in [1.807, 2.05) is 30.3 Å². The first-order valence-electron chi connectivity index (χ1n) is 9.10. The minimum absolute atomic E-state index is 0. The molecule has 1 fully saturated rings. The first-order chi connectivity index (χ1) is 13.2. The van der Waals surface area contributed by atoms with Gasteiger partial charge in [-0.25, -0.2) is 4.98 Å². The van der Waals surface area contributed by atoms with E-state index in [1.54, 1.807) is 6.07 Å². The van der Waals surface area contributed by atoms with Crippen LogP contribution >= 0.6 is 57.2 Å². The van der Waals surface area contributed by atoms with E-state index >= 15 is 0 Å². The Morgan fingerprint density at radius 3 is 2.55 bits per heavy atom. The Morgan fingerprint density at radius 1 is 1.00 bits per heavy atom. The molecule has 29 heavy (non-hydrogen) atoms. The van der Waals surface area contributed by atoms with E-state index in [0.29, 0.717) is 10.0 Å². The van der Waals surface area contributed by atoms with Crippen LogP contribution in [0.25, 0.3) is 22.2 Å². The fourth-order valence-electron chi connectivity index (χ4n) is 3.33. The van der Waals surface area contributed by atoms with Crippen LogP contribution in [0.15, 0.2) is 48.5 Å². The highest BCUT2D eigenvalue weighted by atomic mass is 79.9. The molecular weight excluding hydrogens is 541 g/mol. The topological polar surface area (TPSA) is 37.4 Å². The number of halogens is 4. The molecule has 0 saturated carbocycles. The maximum atomic E-state index is 6.40.